The average Bonchev–Trinajstić information content (AvgIpc) is 3.07. The van der Waals surface area contributed by atoms with E-state index in [0.29, 0.717) is 43.6 Å². The molecule has 16 nitrogen and oxygen atoms in total. The van der Waals surface area contributed by atoms with Crippen molar-refractivity contribution in [1.29, 1.82) is 0 Å². The van der Waals surface area contributed by atoms with E-state index >= 15 is 0 Å². The molecule has 0 radical (unpaired) electrons. The molecule has 4 heterocycles. The normalized spacial score (nSPS) is 11.1. The van der Waals surface area contributed by atoms with Crippen LogP contribution in [0.15, 0.2) is 58.4 Å². The van der Waals surface area contributed by atoms with Crippen molar-refractivity contribution in [3.05, 3.63) is 90.9 Å². The number of amides is 1. The molecule has 4 aromatic heterocycles. The van der Waals surface area contributed by atoms with E-state index in [1.807, 2.05) is 46.0 Å². The predicted octanol–water partition coefficient (Wildman–Crippen LogP) is 4.61. The average molecular weight is 762 g/mol. The monoisotopic (exact) mass is 760 g/mol. The minimum absolute atomic E-state index is 0.192. The van der Waals surface area contributed by atoms with Crippen LogP contribution < -0.4 is 21.8 Å². The maximum absolute atomic E-state index is 12.4. The van der Waals surface area contributed by atoms with Crippen LogP contribution in [0.1, 0.15) is 31.9 Å². The van der Waals surface area contributed by atoms with E-state index in [1.54, 1.807) is 44.6 Å². The van der Waals surface area contributed by atoms with Crippen LogP contribution in [-0.4, -0.2) is 98.6 Å². The Labute approximate surface area is 312 Å². The van der Waals surface area contributed by atoms with Crippen LogP contribution in [-0.2, 0) is 41.4 Å². The number of halogens is 2. The summed E-state index contributed by atoms with van der Waals surface area (Å²) in [5, 5.41) is 14.0. The second kappa shape index (κ2) is 19.8. The van der Waals surface area contributed by atoms with Crippen LogP contribution in [0.3, 0.4) is 0 Å². The van der Waals surface area contributed by atoms with Crippen molar-refractivity contribution in [3.8, 4) is 0 Å². The number of aryl methyl sites for hydroxylation is 2. The van der Waals surface area contributed by atoms with Gasteiger partial charge in [-0.3, -0.25) is 14.5 Å². The predicted molar refractivity (Wildman–Crippen MR) is 201 cm³/mol. The fraction of sp³-hybridized carbons (Fsp3) is 0.441. The molecule has 282 valence electrons. The van der Waals surface area contributed by atoms with Gasteiger partial charge in [0.1, 0.15) is 28.6 Å². The fourth-order valence-electron chi connectivity index (χ4n) is 4.41. The highest BCUT2D eigenvalue weighted by atomic mass is 35.5. The summed E-state index contributed by atoms with van der Waals surface area (Å²) in [6.07, 6.45) is 2.98. The molecule has 0 fully saturated rings. The number of rotatable bonds is 14. The molecule has 0 aliphatic heterocycles. The Morgan fingerprint density at radius 1 is 0.788 bits per heavy atom. The van der Waals surface area contributed by atoms with Gasteiger partial charge in [-0.1, -0.05) is 35.3 Å². The highest BCUT2D eigenvalue weighted by molar-refractivity contribution is 6.29. The van der Waals surface area contributed by atoms with Crippen LogP contribution in [0.5, 0.6) is 0 Å². The summed E-state index contributed by atoms with van der Waals surface area (Å²) in [6.45, 7) is 8.85. The van der Waals surface area contributed by atoms with Crippen molar-refractivity contribution in [2.45, 2.75) is 39.5 Å². The molecule has 0 unspecified atom stereocenters. The van der Waals surface area contributed by atoms with Crippen molar-refractivity contribution in [1.82, 2.24) is 39.3 Å². The SMILES string of the molecule is COCCN(C)Cc1ccc(Nc2cc(Cl)nn(C)c2=O)nc1.COCCN(Cc1ccc(Nc2cc(Cl)nn(C)c2=O)nc1)C(=O)OC(C)(C)C. The number of pyridine rings is 2. The van der Waals surface area contributed by atoms with Gasteiger partial charge in [0.25, 0.3) is 11.1 Å². The molecule has 52 heavy (non-hydrogen) atoms. The molecular weight excluding hydrogens is 715 g/mol. The minimum Gasteiger partial charge on any atom is -0.444 e. The largest absolute Gasteiger partial charge is 0.444 e. The second-order valence-electron chi connectivity index (χ2n) is 12.6. The van der Waals surface area contributed by atoms with E-state index in [4.69, 9.17) is 37.4 Å². The van der Waals surface area contributed by atoms with E-state index in [9.17, 15) is 14.4 Å². The van der Waals surface area contributed by atoms with Crippen LogP contribution >= 0.6 is 23.2 Å². The standard InChI is InChI=1S/C19H26ClN5O4.C15H20ClN5O2/c1-19(2,3)29-18(27)25(8-9-28-5)12-13-6-7-16(21-11-13)22-14-10-15(20)23-24(4)17(14)26;1-20(6-7-23-3)10-11-4-5-14(17-9-11)18-12-8-13(16)19-21(2)15(12)22/h6-7,10-11H,8-9,12H2,1-5H3,(H,21,22);4-5,8-9H,6-7,10H2,1-3H3,(H,17,18). The van der Waals surface area contributed by atoms with E-state index in [1.165, 1.54) is 23.9 Å². The number of anilines is 4. The van der Waals surface area contributed by atoms with E-state index in [0.717, 1.165) is 28.9 Å². The maximum Gasteiger partial charge on any atom is 0.410 e. The highest BCUT2D eigenvalue weighted by Crippen LogP contribution is 2.17. The van der Waals surface area contributed by atoms with Crippen molar-refractivity contribution >= 4 is 52.3 Å². The minimum atomic E-state index is -0.591. The first-order valence-electron chi connectivity index (χ1n) is 16.1. The van der Waals surface area contributed by atoms with Gasteiger partial charge in [0.2, 0.25) is 0 Å². The number of nitrogens with zero attached hydrogens (tertiary/aromatic N) is 8. The fourth-order valence-corrected chi connectivity index (χ4v) is 4.85. The van der Waals surface area contributed by atoms with Gasteiger partial charge in [-0.25, -0.2) is 24.1 Å². The Morgan fingerprint density at radius 3 is 1.67 bits per heavy atom. The Morgan fingerprint density at radius 2 is 1.25 bits per heavy atom. The van der Waals surface area contributed by atoms with Crippen LogP contribution in [0.25, 0.3) is 0 Å². The third kappa shape index (κ3) is 13.8. The number of hydrogen-bond donors (Lipinski definition) is 2. The molecule has 0 saturated carbocycles. The first-order chi connectivity index (χ1) is 24.6. The summed E-state index contributed by atoms with van der Waals surface area (Å²) in [5.74, 6) is 1.04. The Kier molecular flexibility index (Phi) is 16.0. The number of likely N-dealkylation sites (N-methyl/N-ethyl adjacent to an activating group) is 1. The zero-order valence-corrected chi connectivity index (χ0v) is 32.2. The summed E-state index contributed by atoms with van der Waals surface area (Å²) in [7, 11) is 8.34. The molecular formula is C34H46Cl2N10O6. The number of ether oxygens (including phenoxy) is 3. The lowest BCUT2D eigenvalue weighted by molar-refractivity contribution is 0.0183. The Hall–Kier alpha value is -4.61. The van der Waals surface area contributed by atoms with Crippen LogP contribution in [0.4, 0.5) is 27.8 Å². The first kappa shape index (κ1) is 41.8. The van der Waals surface area contributed by atoms with Crippen molar-refractivity contribution in [2.75, 3.05) is 58.2 Å². The van der Waals surface area contributed by atoms with Crippen LogP contribution in [0.2, 0.25) is 10.3 Å². The second-order valence-corrected chi connectivity index (χ2v) is 13.4. The third-order valence-electron chi connectivity index (χ3n) is 6.96. The van der Waals surface area contributed by atoms with Gasteiger partial charge < -0.3 is 29.7 Å². The van der Waals surface area contributed by atoms with Gasteiger partial charge in [-0.2, -0.15) is 10.2 Å². The van der Waals surface area contributed by atoms with Crippen molar-refractivity contribution < 1.29 is 19.0 Å². The summed E-state index contributed by atoms with van der Waals surface area (Å²) in [4.78, 5) is 48.9. The smallest absolute Gasteiger partial charge is 0.410 e. The highest BCUT2D eigenvalue weighted by Gasteiger charge is 2.22. The summed E-state index contributed by atoms with van der Waals surface area (Å²) < 4.78 is 17.9. The zero-order valence-electron chi connectivity index (χ0n) is 30.6. The van der Waals surface area contributed by atoms with Gasteiger partial charge in [-0.15, -0.1) is 0 Å². The molecule has 0 aliphatic rings. The topological polar surface area (TPSA) is 171 Å². The molecule has 4 aromatic rings. The number of aromatic nitrogens is 6. The molecule has 0 aromatic carbocycles. The lowest BCUT2D eigenvalue weighted by atomic mass is 10.2. The number of methoxy groups -OCH3 is 2. The van der Waals surface area contributed by atoms with E-state index in [2.05, 4.69) is 35.7 Å². The molecule has 2 N–H and O–H groups in total. The molecule has 4 rings (SSSR count). The summed E-state index contributed by atoms with van der Waals surface area (Å²) >= 11 is 11.8. The lowest BCUT2D eigenvalue weighted by Crippen LogP contribution is -2.38. The molecule has 0 atom stereocenters. The molecule has 0 bridgehead atoms. The van der Waals surface area contributed by atoms with Crippen molar-refractivity contribution in [2.24, 2.45) is 14.1 Å². The van der Waals surface area contributed by atoms with Crippen LogP contribution in [0, 0.1) is 0 Å². The third-order valence-corrected chi connectivity index (χ3v) is 7.33. The Balaban J connectivity index is 0.000000288. The van der Waals surface area contributed by atoms with Gasteiger partial charge in [-0.05, 0) is 51.1 Å². The van der Waals surface area contributed by atoms with Gasteiger partial charge >= 0.3 is 6.09 Å². The lowest BCUT2D eigenvalue weighted by Gasteiger charge is -2.27. The van der Waals surface area contributed by atoms with Gasteiger partial charge in [0.05, 0.1) is 19.8 Å². The number of hydrogen-bond acceptors (Lipinski definition) is 13. The summed E-state index contributed by atoms with van der Waals surface area (Å²) in [5.41, 5.74) is 1.31. The molecule has 18 heteroatoms. The van der Waals surface area contributed by atoms with Gasteiger partial charge in [0.15, 0.2) is 10.3 Å². The van der Waals surface area contributed by atoms with E-state index in [-0.39, 0.29) is 27.1 Å². The van der Waals surface area contributed by atoms with Crippen molar-refractivity contribution in [3.63, 3.8) is 0 Å². The Bertz CT molecular complexity index is 1870. The van der Waals surface area contributed by atoms with Gasteiger partial charge in [0, 0.05) is 72.5 Å². The maximum atomic E-state index is 12.4. The number of carbonyl (C=O) groups excluding carboxylic acids is 1. The molecule has 1 amide bonds. The number of nitrogens with one attached hydrogen (secondary N) is 2. The number of carbonyl (C=O) groups is 1. The summed E-state index contributed by atoms with van der Waals surface area (Å²) in [6, 6.07) is 10.2. The molecule has 0 saturated heterocycles. The quantitative estimate of drug-likeness (QED) is 0.183. The first-order valence-corrected chi connectivity index (χ1v) is 16.9. The zero-order chi connectivity index (χ0) is 38.4. The molecule has 0 aliphatic carbocycles. The molecule has 0 spiro atoms. The van der Waals surface area contributed by atoms with E-state index < -0.39 is 11.7 Å².